The van der Waals surface area contributed by atoms with Crippen molar-refractivity contribution in [3.63, 3.8) is 0 Å². The van der Waals surface area contributed by atoms with Crippen molar-refractivity contribution in [1.82, 2.24) is 9.71 Å². The predicted octanol–water partition coefficient (Wildman–Crippen LogP) is 2.91. The molecule has 12 nitrogen and oxygen atoms in total. The molecule has 1 fully saturated rings. The van der Waals surface area contributed by atoms with Gasteiger partial charge in [0.1, 0.15) is 11.9 Å². The van der Waals surface area contributed by atoms with Crippen molar-refractivity contribution in [1.29, 1.82) is 5.26 Å². The zero-order valence-corrected chi connectivity index (χ0v) is 26.3. The average Bonchev–Trinajstić information content (AvgIpc) is 2.94. The summed E-state index contributed by atoms with van der Waals surface area (Å²) >= 11 is 0. The lowest BCUT2D eigenvalue weighted by atomic mass is 9.96. The number of primary sulfonamides is 1. The molecule has 1 aromatic heterocycles. The Balaban J connectivity index is 0.000000369. The molecular formula is C30H35N5O7S2. The highest BCUT2D eigenvalue weighted by Crippen LogP contribution is 2.27. The maximum atomic E-state index is 12.6. The van der Waals surface area contributed by atoms with Crippen LogP contribution in [-0.4, -0.2) is 51.9 Å². The summed E-state index contributed by atoms with van der Waals surface area (Å²) in [5, 5.41) is 23.5. The first-order chi connectivity index (χ1) is 20.6. The molecule has 1 amide bonds. The van der Waals surface area contributed by atoms with E-state index in [0.29, 0.717) is 43.0 Å². The third-order valence-electron chi connectivity index (χ3n) is 6.93. The number of carbonyl (C=O) groups excluding carboxylic acids is 1. The predicted molar refractivity (Wildman–Crippen MR) is 166 cm³/mol. The quantitative estimate of drug-likeness (QED) is 0.328. The van der Waals surface area contributed by atoms with E-state index >= 15 is 0 Å². The minimum absolute atomic E-state index is 0.0293. The van der Waals surface area contributed by atoms with Crippen LogP contribution >= 0.6 is 0 Å². The minimum Gasteiger partial charge on any atom is -0.478 e. The average molecular weight is 642 g/mol. The molecule has 1 saturated heterocycles. The third kappa shape index (κ3) is 10.1. The topological polar surface area (TPSA) is 201 Å². The van der Waals surface area contributed by atoms with Crippen LogP contribution < -0.4 is 14.8 Å². The number of pyridine rings is 1. The van der Waals surface area contributed by atoms with Crippen molar-refractivity contribution in [3.8, 4) is 6.07 Å². The molecule has 0 aliphatic carbocycles. The second-order valence-electron chi connectivity index (χ2n) is 10.7. The van der Waals surface area contributed by atoms with Gasteiger partial charge >= 0.3 is 5.97 Å². The number of carboxylic acids is 1. The zero-order chi connectivity index (χ0) is 32.7. The summed E-state index contributed by atoms with van der Waals surface area (Å²) in [5.41, 5.74) is 3.87. The Bertz CT molecular complexity index is 1760. The number of carbonyl (C=O) groups is 2. The maximum Gasteiger partial charge on any atom is 0.337 e. The number of sulfonamides is 2. The largest absolute Gasteiger partial charge is 0.478 e. The molecule has 0 radical (unpaired) electrons. The molecule has 0 bridgehead atoms. The van der Waals surface area contributed by atoms with Gasteiger partial charge in [0.05, 0.1) is 28.3 Å². The van der Waals surface area contributed by atoms with Crippen molar-refractivity contribution in [2.45, 2.75) is 45.1 Å². The molecule has 2 aromatic carbocycles. The Morgan fingerprint density at radius 2 is 1.45 bits per heavy atom. The molecule has 1 aliphatic rings. The number of nitrogens with zero attached hydrogens (tertiary/aromatic N) is 3. The fourth-order valence-corrected chi connectivity index (χ4v) is 6.41. The van der Waals surface area contributed by atoms with Gasteiger partial charge in [0.25, 0.3) is 0 Å². The SMILES string of the molecule is Cc1ccc(CS(=O)(=O)NC(=O)C2CCN(c3nc(C)c(C(=O)O)cc3C#N)CC2)cc1.Cc1ccc(CS(N)(=O)=O)cc1. The summed E-state index contributed by atoms with van der Waals surface area (Å²) in [7, 11) is -7.21. The third-order valence-corrected chi connectivity index (χ3v) is 8.89. The van der Waals surface area contributed by atoms with Crippen molar-refractivity contribution >= 4 is 37.7 Å². The van der Waals surface area contributed by atoms with Crippen molar-refractivity contribution in [2.24, 2.45) is 11.1 Å². The number of rotatable bonds is 8. The molecule has 4 rings (SSSR count). The molecule has 234 valence electrons. The van der Waals surface area contributed by atoms with E-state index in [2.05, 4.69) is 9.71 Å². The van der Waals surface area contributed by atoms with E-state index in [1.165, 1.54) is 6.07 Å². The van der Waals surface area contributed by atoms with Crippen LogP contribution in [0.5, 0.6) is 0 Å². The van der Waals surface area contributed by atoms with Crippen molar-refractivity contribution in [3.05, 3.63) is 93.7 Å². The molecule has 0 saturated carbocycles. The Kier molecular flexibility index (Phi) is 11.2. The monoisotopic (exact) mass is 641 g/mol. The number of benzene rings is 2. The molecule has 0 atom stereocenters. The zero-order valence-electron chi connectivity index (χ0n) is 24.6. The summed E-state index contributed by atoms with van der Waals surface area (Å²) in [6, 6.07) is 17.6. The van der Waals surface area contributed by atoms with Crippen LogP contribution in [0.4, 0.5) is 5.82 Å². The van der Waals surface area contributed by atoms with Crippen LogP contribution in [0.25, 0.3) is 0 Å². The lowest BCUT2D eigenvalue weighted by Crippen LogP contribution is -2.43. The minimum atomic E-state index is -3.82. The highest BCUT2D eigenvalue weighted by Gasteiger charge is 2.29. The van der Waals surface area contributed by atoms with E-state index in [-0.39, 0.29) is 22.6 Å². The van der Waals surface area contributed by atoms with Gasteiger partial charge in [0.2, 0.25) is 26.0 Å². The summed E-state index contributed by atoms with van der Waals surface area (Å²) in [4.78, 5) is 30.0. The number of nitriles is 1. The number of carboxylic acid groups (broad SMARTS) is 1. The Morgan fingerprint density at radius 1 is 0.955 bits per heavy atom. The lowest BCUT2D eigenvalue weighted by Gasteiger charge is -2.32. The number of anilines is 1. The Morgan fingerprint density at radius 3 is 1.91 bits per heavy atom. The number of amides is 1. The van der Waals surface area contributed by atoms with Gasteiger partial charge in [-0.1, -0.05) is 59.7 Å². The standard InChI is InChI=1S/C22H24N4O5S.C8H11NO2S/c1-14-3-5-16(6-4-14)13-32(30,31)25-21(27)17-7-9-26(10-8-17)20-18(12-23)11-19(22(28)29)15(2)24-20;1-7-2-4-8(5-3-7)6-12(9,10)11/h3-6,11,17H,7-10,13H2,1-2H3,(H,25,27)(H,28,29);2-5H,6H2,1H3,(H2,9,10,11). The first-order valence-corrected chi connectivity index (χ1v) is 17.0. The normalized spacial score (nSPS) is 13.8. The molecule has 14 heteroatoms. The van der Waals surface area contributed by atoms with Crippen molar-refractivity contribution < 1.29 is 31.5 Å². The summed E-state index contributed by atoms with van der Waals surface area (Å²) in [5.74, 6) is -2.16. The summed E-state index contributed by atoms with van der Waals surface area (Å²) < 4.78 is 48.3. The molecule has 2 heterocycles. The summed E-state index contributed by atoms with van der Waals surface area (Å²) in [6.45, 7) is 6.20. The molecule has 3 aromatic rings. The number of aromatic carboxylic acids is 1. The van der Waals surface area contributed by atoms with Gasteiger partial charge in [0, 0.05) is 19.0 Å². The summed E-state index contributed by atoms with van der Waals surface area (Å²) in [6.07, 6.45) is 0.774. The fourth-order valence-electron chi connectivity index (χ4n) is 4.58. The number of aryl methyl sites for hydroxylation is 3. The van der Waals surface area contributed by atoms with E-state index in [0.717, 1.165) is 16.7 Å². The first kappa shape index (κ1) is 34.2. The molecule has 4 N–H and O–H groups in total. The van der Waals surface area contributed by atoms with Crippen LogP contribution in [0, 0.1) is 38.0 Å². The second-order valence-corrected chi connectivity index (χ2v) is 14.0. The van der Waals surface area contributed by atoms with Crippen LogP contribution in [0.3, 0.4) is 0 Å². The Labute approximate surface area is 257 Å². The molecular weight excluding hydrogens is 606 g/mol. The van der Waals surface area contributed by atoms with Crippen LogP contribution in [0.15, 0.2) is 54.6 Å². The van der Waals surface area contributed by atoms with Gasteiger partial charge in [-0.25, -0.2) is 31.8 Å². The number of aromatic nitrogens is 1. The number of nitrogens with two attached hydrogens (primary N) is 1. The van der Waals surface area contributed by atoms with Gasteiger partial charge < -0.3 is 10.0 Å². The van der Waals surface area contributed by atoms with Crippen molar-refractivity contribution in [2.75, 3.05) is 18.0 Å². The van der Waals surface area contributed by atoms with E-state index in [1.54, 1.807) is 31.2 Å². The number of nitrogens with one attached hydrogen (secondary N) is 1. The van der Waals surface area contributed by atoms with E-state index in [1.807, 2.05) is 49.1 Å². The first-order valence-electron chi connectivity index (χ1n) is 13.6. The van der Waals surface area contributed by atoms with Gasteiger partial charge in [-0.05, 0) is 50.8 Å². The molecule has 0 spiro atoms. The van der Waals surface area contributed by atoms with E-state index < -0.39 is 37.8 Å². The van der Waals surface area contributed by atoms with Gasteiger partial charge in [-0.3, -0.25) is 9.52 Å². The van der Waals surface area contributed by atoms with Gasteiger partial charge in [-0.15, -0.1) is 0 Å². The fraction of sp³-hybridized carbons (Fsp3) is 0.333. The van der Waals surface area contributed by atoms with Crippen LogP contribution in [-0.2, 0) is 36.3 Å². The van der Waals surface area contributed by atoms with E-state index in [9.17, 15) is 36.8 Å². The Hall–Kier alpha value is -4.32. The van der Waals surface area contributed by atoms with Gasteiger partial charge in [0.15, 0.2) is 0 Å². The van der Waals surface area contributed by atoms with Gasteiger partial charge in [-0.2, -0.15) is 5.26 Å². The van der Waals surface area contributed by atoms with Crippen LogP contribution in [0.2, 0.25) is 0 Å². The smallest absolute Gasteiger partial charge is 0.337 e. The number of hydrogen-bond donors (Lipinski definition) is 3. The molecule has 0 unspecified atom stereocenters. The second kappa shape index (κ2) is 14.4. The highest BCUT2D eigenvalue weighted by atomic mass is 32.2. The van der Waals surface area contributed by atoms with Crippen LogP contribution in [0.1, 0.15) is 56.7 Å². The van der Waals surface area contributed by atoms with E-state index in [4.69, 9.17) is 5.14 Å². The maximum absolute atomic E-state index is 12.6. The molecule has 1 aliphatic heterocycles. The lowest BCUT2D eigenvalue weighted by molar-refractivity contribution is -0.123. The molecule has 44 heavy (non-hydrogen) atoms. The highest BCUT2D eigenvalue weighted by molar-refractivity contribution is 7.89. The number of piperidine rings is 1. The number of hydrogen-bond acceptors (Lipinski definition) is 9.